The summed E-state index contributed by atoms with van der Waals surface area (Å²) in [4.78, 5) is 2.09. The maximum atomic E-state index is 13.2. The fraction of sp³-hybridized carbons (Fsp3) is 0.538. The molecule has 0 aromatic heterocycles. The van der Waals surface area contributed by atoms with E-state index < -0.39 is 11.6 Å². The van der Waals surface area contributed by atoms with E-state index >= 15 is 0 Å². The molecular weight excluding hydrogens is 254 g/mol. The zero-order chi connectivity index (χ0) is 13.5. The van der Waals surface area contributed by atoms with Crippen LogP contribution in [0.1, 0.15) is 18.0 Å². The Morgan fingerprint density at radius 1 is 1.33 bits per heavy atom. The molecule has 0 heterocycles. The third-order valence-electron chi connectivity index (χ3n) is 2.94. The Labute approximate surface area is 112 Å². The lowest BCUT2D eigenvalue weighted by atomic mass is 10.1. The molecule has 0 amide bonds. The Morgan fingerprint density at radius 3 is 2.61 bits per heavy atom. The highest BCUT2D eigenvalue weighted by Gasteiger charge is 2.16. The van der Waals surface area contributed by atoms with E-state index in [0.717, 1.165) is 30.3 Å². The fourth-order valence-electron chi connectivity index (χ4n) is 1.90. The summed E-state index contributed by atoms with van der Waals surface area (Å²) in [6, 6.07) is 3.92. The highest BCUT2D eigenvalue weighted by atomic mass is 32.2. The molecule has 1 unspecified atom stereocenters. The SMILES string of the molecule is CSCCCN(C)C(CN)c1ccc(F)c(F)c1. The highest BCUT2D eigenvalue weighted by Crippen LogP contribution is 2.20. The molecule has 2 nitrogen and oxygen atoms in total. The summed E-state index contributed by atoms with van der Waals surface area (Å²) < 4.78 is 26.1. The van der Waals surface area contributed by atoms with Gasteiger partial charge in [0.1, 0.15) is 0 Å². The zero-order valence-corrected chi connectivity index (χ0v) is 11.6. The number of rotatable bonds is 7. The van der Waals surface area contributed by atoms with Gasteiger partial charge >= 0.3 is 0 Å². The van der Waals surface area contributed by atoms with Crippen LogP contribution in [-0.2, 0) is 0 Å². The summed E-state index contributed by atoms with van der Waals surface area (Å²) in [7, 11) is 1.96. The summed E-state index contributed by atoms with van der Waals surface area (Å²) in [5.74, 6) is -0.553. The number of hydrogen-bond donors (Lipinski definition) is 1. The number of benzene rings is 1. The molecule has 0 radical (unpaired) electrons. The van der Waals surface area contributed by atoms with Gasteiger partial charge in [-0.3, -0.25) is 4.90 Å². The number of nitrogens with two attached hydrogens (primary N) is 1. The minimum atomic E-state index is -0.820. The molecule has 0 saturated heterocycles. The molecule has 18 heavy (non-hydrogen) atoms. The van der Waals surface area contributed by atoms with Crippen LogP contribution in [0.3, 0.4) is 0 Å². The van der Waals surface area contributed by atoms with Crippen LogP contribution in [0, 0.1) is 11.6 Å². The molecule has 0 spiro atoms. The van der Waals surface area contributed by atoms with Gasteiger partial charge in [0.15, 0.2) is 11.6 Å². The lowest BCUT2D eigenvalue weighted by Gasteiger charge is -2.27. The van der Waals surface area contributed by atoms with Crippen molar-refractivity contribution in [3.8, 4) is 0 Å². The standard InChI is InChI=1S/C13H20F2N2S/c1-17(6-3-7-18-2)13(9-16)10-4-5-11(14)12(15)8-10/h4-5,8,13H,3,6-7,9,16H2,1-2H3. The van der Waals surface area contributed by atoms with Crippen molar-refractivity contribution in [1.82, 2.24) is 4.90 Å². The quantitative estimate of drug-likeness (QED) is 0.775. The van der Waals surface area contributed by atoms with E-state index in [0.29, 0.717) is 6.54 Å². The lowest BCUT2D eigenvalue weighted by molar-refractivity contribution is 0.250. The average molecular weight is 274 g/mol. The molecule has 2 N–H and O–H groups in total. The molecule has 1 atom stereocenters. The third kappa shape index (κ3) is 4.23. The monoisotopic (exact) mass is 274 g/mol. The van der Waals surface area contributed by atoms with E-state index in [4.69, 9.17) is 5.73 Å². The Balaban J connectivity index is 2.72. The molecule has 0 fully saturated rings. The first-order chi connectivity index (χ1) is 8.60. The first-order valence-electron chi connectivity index (χ1n) is 5.94. The third-order valence-corrected chi connectivity index (χ3v) is 3.64. The zero-order valence-electron chi connectivity index (χ0n) is 10.8. The topological polar surface area (TPSA) is 29.3 Å². The minimum absolute atomic E-state index is 0.0676. The van der Waals surface area contributed by atoms with E-state index in [1.165, 1.54) is 6.07 Å². The molecule has 102 valence electrons. The number of halogens is 2. The van der Waals surface area contributed by atoms with Crippen molar-refractivity contribution in [2.75, 3.05) is 32.1 Å². The summed E-state index contributed by atoms with van der Waals surface area (Å²) >= 11 is 1.80. The summed E-state index contributed by atoms with van der Waals surface area (Å²) in [5.41, 5.74) is 6.46. The van der Waals surface area contributed by atoms with Gasteiger partial charge < -0.3 is 5.73 Å². The van der Waals surface area contributed by atoms with Crippen molar-refractivity contribution in [3.63, 3.8) is 0 Å². The molecule has 0 bridgehead atoms. The van der Waals surface area contributed by atoms with Gasteiger partial charge in [0.05, 0.1) is 0 Å². The van der Waals surface area contributed by atoms with Crippen LogP contribution >= 0.6 is 11.8 Å². The van der Waals surface area contributed by atoms with Gasteiger partial charge in [0.2, 0.25) is 0 Å². The second-order valence-corrected chi connectivity index (χ2v) is 5.24. The van der Waals surface area contributed by atoms with Crippen molar-refractivity contribution in [1.29, 1.82) is 0 Å². The van der Waals surface area contributed by atoms with Gasteiger partial charge in [-0.25, -0.2) is 8.78 Å². The Kier molecular flexibility index (Phi) is 6.60. The van der Waals surface area contributed by atoms with Gasteiger partial charge in [-0.1, -0.05) is 6.07 Å². The maximum absolute atomic E-state index is 13.2. The first-order valence-corrected chi connectivity index (χ1v) is 7.33. The van der Waals surface area contributed by atoms with E-state index in [2.05, 4.69) is 11.2 Å². The van der Waals surface area contributed by atoms with Crippen LogP contribution in [0.25, 0.3) is 0 Å². The molecule has 1 rings (SSSR count). The number of likely N-dealkylation sites (N-methyl/N-ethyl adjacent to an activating group) is 1. The van der Waals surface area contributed by atoms with Gasteiger partial charge in [0.25, 0.3) is 0 Å². The van der Waals surface area contributed by atoms with E-state index in [1.807, 2.05) is 7.05 Å². The molecular formula is C13H20F2N2S. The van der Waals surface area contributed by atoms with Crippen molar-refractivity contribution >= 4 is 11.8 Å². The fourth-order valence-corrected chi connectivity index (χ4v) is 2.32. The summed E-state index contributed by atoms with van der Waals surface area (Å²) in [6.45, 7) is 1.28. The Bertz CT molecular complexity index is 374. The largest absolute Gasteiger partial charge is 0.329 e. The number of hydrogen-bond acceptors (Lipinski definition) is 3. The summed E-state index contributed by atoms with van der Waals surface area (Å²) in [6.07, 6.45) is 3.12. The smallest absolute Gasteiger partial charge is 0.159 e. The van der Waals surface area contributed by atoms with Crippen LogP contribution in [0.15, 0.2) is 18.2 Å². The molecule has 0 aliphatic rings. The van der Waals surface area contributed by atoms with Crippen LogP contribution in [0.2, 0.25) is 0 Å². The van der Waals surface area contributed by atoms with Gasteiger partial charge in [-0.05, 0) is 49.7 Å². The maximum Gasteiger partial charge on any atom is 0.159 e. The molecule has 1 aromatic carbocycles. The van der Waals surface area contributed by atoms with Crippen LogP contribution in [-0.4, -0.2) is 37.0 Å². The van der Waals surface area contributed by atoms with Crippen molar-refractivity contribution in [3.05, 3.63) is 35.4 Å². The van der Waals surface area contributed by atoms with Crippen LogP contribution < -0.4 is 5.73 Å². The highest BCUT2D eigenvalue weighted by molar-refractivity contribution is 7.98. The van der Waals surface area contributed by atoms with Crippen molar-refractivity contribution < 1.29 is 8.78 Å². The molecule has 1 aromatic rings. The first kappa shape index (κ1) is 15.4. The van der Waals surface area contributed by atoms with Gasteiger partial charge in [-0.15, -0.1) is 0 Å². The average Bonchev–Trinajstić information content (AvgIpc) is 2.35. The second kappa shape index (κ2) is 7.71. The number of thioether (sulfide) groups is 1. The van der Waals surface area contributed by atoms with E-state index in [-0.39, 0.29) is 6.04 Å². The molecule has 0 aliphatic heterocycles. The molecule has 0 aliphatic carbocycles. The lowest BCUT2D eigenvalue weighted by Crippen LogP contribution is -2.31. The number of nitrogens with zero attached hydrogens (tertiary/aromatic N) is 1. The minimum Gasteiger partial charge on any atom is -0.329 e. The van der Waals surface area contributed by atoms with Crippen LogP contribution in [0.4, 0.5) is 8.78 Å². The van der Waals surface area contributed by atoms with Gasteiger partial charge in [-0.2, -0.15) is 11.8 Å². The Morgan fingerprint density at radius 2 is 2.06 bits per heavy atom. The molecule has 5 heteroatoms. The van der Waals surface area contributed by atoms with E-state index in [1.54, 1.807) is 17.8 Å². The van der Waals surface area contributed by atoms with Gasteiger partial charge in [0, 0.05) is 12.6 Å². The van der Waals surface area contributed by atoms with Crippen LogP contribution in [0.5, 0.6) is 0 Å². The van der Waals surface area contributed by atoms with Crippen molar-refractivity contribution in [2.24, 2.45) is 5.73 Å². The Hall–Kier alpha value is -0.650. The normalized spacial score (nSPS) is 13.0. The van der Waals surface area contributed by atoms with E-state index in [9.17, 15) is 8.78 Å². The predicted molar refractivity (Wildman–Crippen MR) is 73.8 cm³/mol. The van der Waals surface area contributed by atoms with Crippen molar-refractivity contribution in [2.45, 2.75) is 12.5 Å². The predicted octanol–water partition coefficient (Wildman–Crippen LogP) is 2.65. The second-order valence-electron chi connectivity index (χ2n) is 4.25. The molecule has 0 saturated carbocycles. The summed E-state index contributed by atoms with van der Waals surface area (Å²) in [5, 5.41) is 0.